The van der Waals surface area contributed by atoms with E-state index in [1.807, 2.05) is 0 Å². The number of fused-ring (bicyclic) bond motifs is 2. The molecule has 4 heteroatoms. The van der Waals surface area contributed by atoms with Gasteiger partial charge in [-0.15, -0.1) is 12.4 Å². The molecular weight excluding hydrogens is 196 g/mol. The van der Waals surface area contributed by atoms with Crippen LogP contribution in [0.2, 0.25) is 0 Å². The largest absolute Gasteiger partial charge is 0.311 e. The Balaban J connectivity index is 0.000000653. The standard InChI is InChI=1S/C9H13F2N.ClH/c10-9(11)5-8(9)3-6-1-2-7(4-8)12-6;/h6-7,12H,1-5H2;1H. The smallest absolute Gasteiger partial charge is 0.254 e. The van der Waals surface area contributed by atoms with E-state index < -0.39 is 11.3 Å². The van der Waals surface area contributed by atoms with Gasteiger partial charge in [-0.3, -0.25) is 0 Å². The first-order chi connectivity index (χ1) is 5.61. The Kier molecular flexibility index (Phi) is 1.91. The fourth-order valence-electron chi connectivity index (χ4n) is 3.07. The molecule has 2 bridgehead atoms. The first kappa shape index (κ1) is 9.66. The highest BCUT2D eigenvalue weighted by Crippen LogP contribution is 2.67. The molecular formula is C9H14ClF2N. The Morgan fingerprint density at radius 2 is 1.54 bits per heavy atom. The van der Waals surface area contributed by atoms with Crippen LogP contribution in [0.15, 0.2) is 0 Å². The second-order valence-corrected chi connectivity index (χ2v) is 4.71. The summed E-state index contributed by atoms with van der Waals surface area (Å²) in [6.07, 6.45) is 3.83. The van der Waals surface area contributed by atoms with E-state index in [1.54, 1.807) is 0 Å². The van der Waals surface area contributed by atoms with Crippen LogP contribution in [0.1, 0.15) is 32.1 Å². The molecule has 3 fully saturated rings. The van der Waals surface area contributed by atoms with Gasteiger partial charge in [0.2, 0.25) is 0 Å². The summed E-state index contributed by atoms with van der Waals surface area (Å²) in [5, 5.41) is 3.39. The maximum Gasteiger partial charge on any atom is 0.254 e. The molecule has 2 saturated heterocycles. The van der Waals surface area contributed by atoms with Crippen LogP contribution in [0, 0.1) is 5.41 Å². The van der Waals surface area contributed by atoms with E-state index in [4.69, 9.17) is 0 Å². The molecule has 2 unspecified atom stereocenters. The Bertz CT molecular complexity index is 220. The van der Waals surface area contributed by atoms with Crippen molar-refractivity contribution in [3.05, 3.63) is 0 Å². The van der Waals surface area contributed by atoms with Crippen molar-refractivity contribution in [3.63, 3.8) is 0 Å². The molecule has 1 nitrogen and oxygen atoms in total. The topological polar surface area (TPSA) is 12.0 Å². The van der Waals surface area contributed by atoms with Gasteiger partial charge in [-0.25, -0.2) is 8.78 Å². The number of hydrogen-bond donors (Lipinski definition) is 1. The van der Waals surface area contributed by atoms with Crippen LogP contribution < -0.4 is 5.32 Å². The molecule has 3 rings (SSSR count). The fourth-order valence-corrected chi connectivity index (χ4v) is 3.07. The number of nitrogens with one attached hydrogen (secondary N) is 1. The summed E-state index contributed by atoms with van der Waals surface area (Å²) in [6.45, 7) is 0. The van der Waals surface area contributed by atoms with Gasteiger partial charge >= 0.3 is 0 Å². The minimum Gasteiger partial charge on any atom is -0.311 e. The molecule has 1 aliphatic carbocycles. The van der Waals surface area contributed by atoms with Crippen LogP contribution in [0.5, 0.6) is 0 Å². The van der Waals surface area contributed by atoms with E-state index in [9.17, 15) is 8.78 Å². The summed E-state index contributed by atoms with van der Waals surface area (Å²) in [5.74, 6) is -2.32. The van der Waals surface area contributed by atoms with Crippen LogP contribution in [0.3, 0.4) is 0 Å². The molecule has 2 heterocycles. The van der Waals surface area contributed by atoms with Gasteiger partial charge in [0.05, 0.1) is 0 Å². The molecule has 2 aliphatic heterocycles. The van der Waals surface area contributed by atoms with E-state index >= 15 is 0 Å². The van der Waals surface area contributed by atoms with Crippen molar-refractivity contribution in [1.29, 1.82) is 0 Å². The molecule has 0 aromatic rings. The van der Waals surface area contributed by atoms with E-state index in [1.165, 1.54) is 0 Å². The molecule has 0 amide bonds. The summed E-state index contributed by atoms with van der Waals surface area (Å²) < 4.78 is 26.0. The average Bonchev–Trinajstić information content (AvgIpc) is 2.35. The van der Waals surface area contributed by atoms with E-state index in [2.05, 4.69) is 5.32 Å². The van der Waals surface area contributed by atoms with Crippen molar-refractivity contribution in [1.82, 2.24) is 5.32 Å². The van der Waals surface area contributed by atoms with Gasteiger partial charge in [0.25, 0.3) is 5.92 Å². The number of alkyl halides is 2. The monoisotopic (exact) mass is 209 g/mol. The second kappa shape index (κ2) is 2.57. The Hall–Kier alpha value is 0.110. The third-order valence-electron chi connectivity index (χ3n) is 3.82. The van der Waals surface area contributed by atoms with Gasteiger partial charge in [0.15, 0.2) is 0 Å². The summed E-state index contributed by atoms with van der Waals surface area (Å²) in [4.78, 5) is 0. The van der Waals surface area contributed by atoms with Gasteiger partial charge in [-0.1, -0.05) is 0 Å². The lowest BCUT2D eigenvalue weighted by atomic mass is 9.89. The number of hydrogen-bond acceptors (Lipinski definition) is 1. The number of halogens is 3. The van der Waals surface area contributed by atoms with Crippen molar-refractivity contribution in [2.75, 3.05) is 0 Å². The summed E-state index contributed by atoms with van der Waals surface area (Å²) in [6, 6.07) is 0.800. The first-order valence-electron chi connectivity index (χ1n) is 4.75. The summed E-state index contributed by atoms with van der Waals surface area (Å²) >= 11 is 0. The van der Waals surface area contributed by atoms with E-state index in [-0.39, 0.29) is 18.8 Å². The Morgan fingerprint density at radius 3 is 1.92 bits per heavy atom. The van der Waals surface area contributed by atoms with Crippen molar-refractivity contribution < 1.29 is 8.78 Å². The van der Waals surface area contributed by atoms with Crippen molar-refractivity contribution in [3.8, 4) is 0 Å². The quantitative estimate of drug-likeness (QED) is 0.646. The van der Waals surface area contributed by atoms with Gasteiger partial charge in [0.1, 0.15) is 0 Å². The zero-order valence-electron chi connectivity index (χ0n) is 7.35. The van der Waals surface area contributed by atoms with Gasteiger partial charge in [0, 0.05) is 23.9 Å². The molecule has 0 aromatic heterocycles. The zero-order valence-corrected chi connectivity index (χ0v) is 8.17. The highest BCUT2D eigenvalue weighted by Gasteiger charge is 2.72. The molecule has 2 atom stereocenters. The van der Waals surface area contributed by atoms with Crippen LogP contribution >= 0.6 is 12.4 Å². The minimum atomic E-state index is -2.32. The van der Waals surface area contributed by atoms with Crippen LogP contribution in [0.25, 0.3) is 0 Å². The summed E-state index contributed by atoms with van der Waals surface area (Å²) in [7, 11) is 0. The van der Waals surface area contributed by atoms with Crippen molar-refractivity contribution >= 4 is 12.4 Å². The van der Waals surface area contributed by atoms with E-state index in [0.29, 0.717) is 12.1 Å². The molecule has 1 saturated carbocycles. The third kappa shape index (κ3) is 1.20. The van der Waals surface area contributed by atoms with E-state index in [0.717, 1.165) is 25.7 Å². The van der Waals surface area contributed by atoms with Crippen molar-refractivity contribution in [2.45, 2.75) is 50.1 Å². The molecule has 0 radical (unpaired) electrons. The van der Waals surface area contributed by atoms with Gasteiger partial charge in [-0.2, -0.15) is 0 Å². The average molecular weight is 210 g/mol. The Morgan fingerprint density at radius 1 is 1.08 bits per heavy atom. The van der Waals surface area contributed by atoms with Crippen LogP contribution in [-0.2, 0) is 0 Å². The number of rotatable bonds is 0. The maximum absolute atomic E-state index is 13.0. The predicted octanol–water partition coefficient (Wildman–Crippen LogP) is 2.35. The first-order valence-corrected chi connectivity index (χ1v) is 4.75. The SMILES string of the molecule is Cl.FC1(F)CC12CC1CCC(C2)N1. The lowest BCUT2D eigenvalue weighted by Gasteiger charge is -2.29. The molecule has 1 N–H and O–H groups in total. The highest BCUT2D eigenvalue weighted by molar-refractivity contribution is 5.85. The maximum atomic E-state index is 13.0. The van der Waals surface area contributed by atoms with Crippen LogP contribution in [-0.4, -0.2) is 18.0 Å². The van der Waals surface area contributed by atoms with Gasteiger partial charge in [-0.05, 0) is 25.7 Å². The summed E-state index contributed by atoms with van der Waals surface area (Å²) in [5.41, 5.74) is -0.565. The normalized spacial score (nSPS) is 50.3. The number of piperidine rings is 1. The molecule has 76 valence electrons. The fraction of sp³-hybridized carbons (Fsp3) is 1.00. The molecule has 13 heavy (non-hydrogen) atoms. The lowest BCUT2D eigenvalue weighted by Crippen LogP contribution is -2.40. The van der Waals surface area contributed by atoms with Crippen LogP contribution in [0.4, 0.5) is 8.78 Å². The zero-order chi connectivity index (χ0) is 8.40. The Labute approximate surface area is 82.7 Å². The minimum absolute atomic E-state index is 0. The third-order valence-corrected chi connectivity index (χ3v) is 3.82. The van der Waals surface area contributed by atoms with Crippen molar-refractivity contribution in [2.24, 2.45) is 5.41 Å². The lowest BCUT2D eigenvalue weighted by molar-refractivity contribution is 0.0422. The second-order valence-electron chi connectivity index (χ2n) is 4.71. The molecule has 1 spiro atoms. The predicted molar refractivity (Wildman–Crippen MR) is 48.4 cm³/mol. The highest BCUT2D eigenvalue weighted by atomic mass is 35.5. The molecule has 0 aromatic carbocycles. The van der Waals surface area contributed by atoms with Gasteiger partial charge < -0.3 is 5.32 Å². The molecule has 3 aliphatic rings.